The van der Waals surface area contributed by atoms with Crippen molar-refractivity contribution in [2.24, 2.45) is 0 Å². The number of alkyl halides is 1. The predicted octanol–water partition coefficient (Wildman–Crippen LogP) is 7.66. The fourth-order valence-corrected chi connectivity index (χ4v) is 8.82. The normalized spacial score (nSPS) is 13.3. The molecular weight excluding hydrogens is 327 g/mol. The Morgan fingerprint density at radius 2 is 1.41 bits per heavy atom. The summed E-state index contributed by atoms with van der Waals surface area (Å²) in [6.07, 6.45) is 6.42. The molecule has 1 atom stereocenters. The summed E-state index contributed by atoms with van der Waals surface area (Å²) in [4.78, 5) is 0. The van der Waals surface area contributed by atoms with Gasteiger partial charge >= 0.3 is 0 Å². The lowest BCUT2D eigenvalue weighted by Crippen LogP contribution is -2.39. The van der Waals surface area contributed by atoms with Crippen LogP contribution in [-0.4, -0.2) is 14.0 Å². The van der Waals surface area contributed by atoms with Crippen LogP contribution in [0, 0.1) is 0 Å². The molecule has 0 spiro atoms. The van der Waals surface area contributed by atoms with Crippen LogP contribution < -0.4 is 0 Å². The topological polar surface area (TPSA) is 0 Å². The van der Waals surface area contributed by atoms with Crippen LogP contribution in [0.15, 0.2) is 24.3 Å². The molecule has 1 aromatic rings. The molecule has 0 aromatic heterocycles. The van der Waals surface area contributed by atoms with E-state index in [0.717, 1.165) is 22.9 Å². The number of unbranched alkanes of at least 4 members (excludes halogenated alkanes) is 3. The van der Waals surface area contributed by atoms with Crippen LogP contribution in [0.5, 0.6) is 0 Å². The Hall–Kier alpha value is 0.0169. The molecule has 1 rings (SSSR count). The van der Waals surface area contributed by atoms with Gasteiger partial charge in [-0.1, -0.05) is 81.9 Å². The van der Waals surface area contributed by atoms with Gasteiger partial charge in [0.25, 0.3) is 0 Å². The molecule has 1 aromatic carbocycles. The first-order valence-electron chi connectivity index (χ1n) is 8.95. The second-order valence-corrected chi connectivity index (χ2v) is 12.8. The second kappa shape index (κ2) is 10.7. The van der Waals surface area contributed by atoms with Crippen molar-refractivity contribution < 1.29 is 0 Å². The third-order valence-electron chi connectivity index (χ3n) is 5.50. The van der Waals surface area contributed by atoms with Crippen molar-refractivity contribution in [3.8, 4) is 0 Å². The standard InChI is InChI=1S/C19H32Cl2Si/c1-4-22(5-2,6-3)19(11-9-7-8-10-16-20)17-12-14-18(21)15-13-17/h12-15,19H,4-11,16H2,1-3H3. The molecule has 0 saturated heterocycles. The van der Waals surface area contributed by atoms with Gasteiger partial charge in [-0.05, 0) is 36.1 Å². The van der Waals surface area contributed by atoms with Crippen molar-refractivity contribution in [3.05, 3.63) is 34.9 Å². The summed E-state index contributed by atoms with van der Waals surface area (Å²) in [5.41, 5.74) is 2.31. The minimum Gasteiger partial charge on any atom is -0.127 e. The third-order valence-corrected chi connectivity index (χ3v) is 12.3. The number of benzene rings is 1. The van der Waals surface area contributed by atoms with Gasteiger partial charge in [-0.25, -0.2) is 0 Å². The summed E-state index contributed by atoms with van der Waals surface area (Å²) in [7, 11) is -1.24. The highest BCUT2D eigenvalue weighted by atomic mass is 35.5. The fraction of sp³-hybridized carbons (Fsp3) is 0.684. The molecule has 0 bridgehead atoms. The molecule has 22 heavy (non-hydrogen) atoms. The maximum absolute atomic E-state index is 6.09. The van der Waals surface area contributed by atoms with Crippen molar-refractivity contribution >= 4 is 31.3 Å². The van der Waals surface area contributed by atoms with Crippen LogP contribution in [-0.2, 0) is 0 Å². The Labute approximate surface area is 148 Å². The summed E-state index contributed by atoms with van der Waals surface area (Å²) < 4.78 is 0. The maximum atomic E-state index is 6.09. The average Bonchev–Trinajstić information content (AvgIpc) is 2.55. The molecule has 0 aliphatic rings. The summed E-state index contributed by atoms with van der Waals surface area (Å²) >= 11 is 11.9. The zero-order valence-electron chi connectivity index (χ0n) is 14.5. The van der Waals surface area contributed by atoms with Crippen LogP contribution in [0.25, 0.3) is 0 Å². The SMILES string of the molecule is CC[Si](CC)(CC)C(CCCCCCCl)c1ccc(Cl)cc1. The predicted molar refractivity (Wildman–Crippen MR) is 105 cm³/mol. The van der Waals surface area contributed by atoms with Crippen molar-refractivity contribution in [2.45, 2.75) is 76.5 Å². The molecule has 0 heterocycles. The molecule has 0 N–H and O–H groups in total. The molecule has 0 amide bonds. The summed E-state index contributed by atoms with van der Waals surface area (Å²) in [6, 6.07) is 12.8. The Balaban J connectivity index is 2.87. The minimum atomic E-state index is -1.24. The summed E-state index contributed by atoms with van der Waals surface area (Å²) in [6.45, 7) is 7.24. The highest BCUT2D eigenvalue weighted by Gasteiger charge is 2.36. The largest absolute Gasteiger partial charge is 0.127 e. The molecule has 0 radical (unpaired) electrons. The van der Waals surface area contributed by atoms with Gasteiger partial charge in [0.05, 0.1) is 8.07 Å². The van der Waals surface area contributed by atoms with Gasteiger partial charge in [0, 0.05) is 10.9 Å². The van der Waals surface area contributed by atoms with E-state index in [1.807, 2.05) is 0 Å². The van der Waals surface area contributed by atoms with Crippen LogP contribution in [0.4, 0.5) is 0 Å². The molecule has 0 fully saturated rings. The van der Waals surface area contributed by atoms with E-state index in [1.54, 1.807) is 0 Å². The Morgan fingerprint density at radius 1 is 0.864 bits per heavy atom. The van der Waals surface area contributed by atoms with E-state index in [1.165, 1.54) is 49.4 Å². The molecule has 1 unspecified atom stereocenters. The van der Waals surface area contributed by atoms with Gasteiger partial charge in [0.2, 0.25) is 0 Å². The lowest BCUT2D eigenvalue weighted by atomic mass is 10.0. The van der Waals surface area contributed by atoms with Gasteiger partial charge in [-0.15, -0.1) is 11.6 Å². The van der Waals surface area contributed by atoms with E-state index in [0.29, 0.717) is 0 Å². The molecule has 126 valence electrons. The first-order valence-corrected chi connectivity index (χ1v) is 12.6. The van der Waals surface area contributed by atoms with Gasteiger partial charge in [0.15, 0.2) is 0 Å². The van der Waals surface area contributed by atoms with Gasteiger partial charge < -0.3 is 0 Å². The first-order chi connectivity index (χ1) is 10.6. The molecule has 0 saturated carbocycles. The highest BCUT2D eigenvalue weighted by molar-refractivity contribution is 6.81. The summed E-state index contributed by atoms with van der Waals surface area (Å²) in [5.74, 6) is 0.804. The van der Waals surface area contributed by atoms with E-state index >= 15 is 0 Å². The Morgan fingerprint density at radius 3 is 1.91 bits per heavy atom. The third kappa shape index (κ3) is 5.58. The van der Waals surface area contributed by atoms with Crippen molar-refractivity contribution in [3.63, 3.8) is 0 Å². The number of hydrogen-bond acceptors (Lipinski definition) is 0. The molecular formula is C19H32Cl2Si. The lowest BCUT2D eigenvalue weighted by Gasteiger charge is -2.38. The Bertz CT molecular complexity index is 390. The fourth-order valence-electron chi connectivity index (χ4n) is 3.81. The van der Waals surface area contributed by atoms with E-state index < -0.39 is 8.07 Å². The van der Waals surface area contributed by atoms with Crippen molar-refractivity contribution in [1.82, 2.24) is 0 Å². The zero-order valence-corrected chi connectivity index (χ0v) is 17.0. The zero-order chi connectivity index (χ0) is 16.4. The number of hydrogen-bond donors (Lipinski definition) is 0. The smallest absolute Gasteiger partial charge is 0.0604 e. The van der Waals surface area contributed by atoms with E-state index in [2.05, 4.69) is 45.0 Å². The van der Waals surface area contributed by atoms with E-state index in [4.69, 9.17) is 23.2 Å². The maximum Gasteiger partial charge on any atom is 0.0604 e. The van der Waals surface area contributed by atoms with Gasteiger partial charge in [0.1, 0.15) is 0 Å². The average molecular weight is 359 g/mol. The van der Waals surface area contributed by atoms with Gasteiger partial charge in [-0.2, -0.15) is 0 Å². The molecule has 3 heteroatoms. The molecule has 0 aliphatic heterocycles. The summed E-state index contributed by atoms with van der Waals surface area (Å²) in [5, 5.41) is 0.848. The first kappa shape index (κ1) is 20.1. The van der Waals surface area contributed by atoms with Gasteiger partial charge in [-0.3, -0.25) is 0 Å². The lowest BCUT2D eigenvalue weighted by molar-refractivity contribution is 0.612. The molecule has 0 nitrogen and oxygen atoms in total. The monoisotopic (exact) mass is 358 g/mol. The molecule has 0 aliphatic carbocycles. The van der Waals surface area contributed by atoms with Crippen LogP contribution in [0.1, 0.15) is 64.0 Å². The van der Waals surface area contributed by atoms with E-state index in [-0.39, 0.29) is 0 Å². The Kier molecular flexibility index (Phi) is 9.78. The number of halogens is 2. The minimum absolute atomic E-state index is 0.778. The highest BCUT2D eigenvalue weighted by Crippen LogP contribution is 2.40. The quantitative estimate of drug-likeness (QED) is 0.216. The van der Waals surface area contributed by atoms with Crippen LogP contribution in [0.2, 0.25) is 23.2 Å². The second-order valence-electron chi connectivity index (χ2n) is 6.42. The number of rotatable bonds is 11. The van der Waals surface area contributed by atoms with Crippen LogP contribution >= 0.6 is 23.2 Å². The van der Waals surface area contributed by atoms with Crippen molar-refractivity contribution in [1.29, 1.82) is 0 Å². The van der Waals surface area contributed by atoms with Crippen LogP contribution in [0.3, 0.4) is 0 Å². The van der Waals surface area contributed by atoms with Crippen molar-refractivity contribution in [2.75, 3.05) is 5.88 Å². The van der Waals surface area contributed by atoms with E-state index in [9.17, 15) is 0 Å².